The number of aryl methyl sites for hydroxylation is 1. The Kier molecular flexibility index (Phi) is 5.31. The number of fused-ring (bicyclic) bond motifs is 1. The van der Waals surface area contributed by atoms with Crippen LogP contribution in [-0.4, -0.2) is 20.4 Å². The molecule has 0 saturated heterocycles. The normalized spacial score (nSPS) is 12.7. The number of thiophene rings is 1. The van der Waals surface area contributed by atoms with Gasteiger partial charge in [-0.05, 0) is 43.0 Å². The highest BCUT2D eigenvalue weighted by molar-refractivity contribution is 7.91. The number of benzene rings is 1. The number of carbonyl (C=O) groups excluding carboxylic acids is 1. The SMILES string of the molecule is Cc1cc(=O)oc2cc(O[C@@H](C)C(=O)NNS(=O)(=O)c3cccs3)ccc12. The van der Waals surface area contributed by atoms with Crippen LogP contribution in [0.1, 0.15) is 12.5 Å². The number of sulfonamides is 1. The van der Waals surface area contributed by atoms with Gasteiger partial charge in [0.2, 0.25) is 0 Å². The standard InChI is InChI=1S/C17H16N2O6S2/c1-10-8-15(20)25-14-9-12(5-6-13(10)14)24-11(2)17(21)18-19-27(22,23)16-4-3-7-26-16/h3-9,11,19H,1-2H3,(H,18,21)/t11-/m0/s1. The lowest BCUT2D eigenvalue weighted by atomic mass is 10.1. The summed E-state index contributed by atoms with van der Waals surface area (Å²) in [6, 6.07) is 9.25. The average Bonchev–Trinajstić information content (AvgIpc) is 3.14. The van der Waals surface area contributed by atoms with Crippen LogP contribution in [0.3, 0.4) is 0 Å². The third-order valence-corrected chi connectivity index (χ3v) is 6.32. The lowest BCUT2D eigenvalue weighted by Crippen LogP contribution is -2.46. The molecule has 8 nitrogen and oxygen atoms in total. The molecule has 10 heteroatoms. The lowest BCUT2D eigenvalue weighted by molar-refractivity contribution is -0.127. The number of ether oxygens (including phenoxy) is 1. The smallest absolute Gasteiger partial charge is 0.336 e. The van der Waals surface area contributed by atoms with Gasteiger partial charge in [-0.3, -0.25) is 10.2 Å². The van der Waals surface area contributed by atoms with Gasteiger partial charge in [0, 0.05) is 17.5 Å². The zero-order chi connectivity index (χ0) is 19.6. The monoisotopic (exact) mass is 408 g/mol. The summed E-state index contributed by atoms with van der Waals surface area (Å²) in [5, 5.41) is 2.37. The number of hydrogen-bond acceptors (Lipinski definition) is 7. The van der Waals surface area contributed by atoms with Crippen molar-refractivity contribution in [2.24, 2.45) is 0 Å². The maximum Gasteiger partial charge on any atom is 0.336 e. The summed E-state index contributed by atoms with van der Waals surface area (Å²) in [5.74, 6) is -0.374. The number of nitrogens with one attached hydrogen (secondary N) is 2. The first-order valence-corrected chi connectivity index (χ1v) is 10.2. The number of carbonyl (C=O) groups is 1. The molecule has 0 saturated carbocycles. The minimum atomic E-state index is -3.83. The van der Waals surface area contributed by atoms with E-state index in [-0.39, 0.29) is 4.21 Å². The fourth-order valence-corrected chi connectivity index (χ4v) is 4.16. The molecular formula is C17H16N2O6S2. The van der Waals surface area contributed by atoms with Gasteiger partial charge in [-0.25, -0.2) is 13.2 Å². The molecule has 3 aromatic rings. The summed E-state index contributed by atoms with van der Waals surface area (Å²) in [5.41, 5.74) is 2.74. The van der Waals surface area contributed by atoms with E-state index in [0.29, 0.717) is 11.3 Å². The maximum absolute atomic E-state index is 12.1. The van der Waals surface area contributed by atoms with Crippen LogP contribution in [0.25, 0.3) is 11.0 Å². The number of rotatable bonds is 6. The third-order valence-electron chi connectivity index (χ3n) is 3.67. The highest BCUT2D eigenvalue weighted by Gasteiger charge is 2.20. The van der Waals surface area contributed by atoms with Crippen LogP contribution in [0.5, 0.6) is 5.75 Å². The summed E-state index contributed by atoms with van der Waals surface area (Å²) < 4.78 is 34.7. The Morgan fingerprint density at radius 1 is 1.26 bits per heavy atom. The Morgan fingerprint density at radius 2 is 2.04 bits per heavy atom. The molecule has 0 bridgehead atoms. The van der Waals surface area contributed by atoms with Crippen LogP contribution in [0.15, 0.2) is 55.2 Å². The van der Waals surface area contributed by atoms with Crippen molar-refractivity contribution in [1.29, 1.82) is 0 Å². The molecule has 27 heavy (non-hydrogen) atoms. The van der Waals surface area contributed by atoms with Gasteiger partial charge in [0.05, 0.1) is 0 Å². The molecule has 2 heterocycles. The summed E-state index contributed by atoms with van der Waals surface area (Å²) in [6.45, 7) is 3.25. The summed E-state index contributed by atoms with van der Waals surface area (Å²) in [4.78, 5) is 25.6. The van der Waals surface area contributed by atoms with Crippen LogP contribution < -0.4 is 20.6 Å². The number of amides is 1. The minimum absolute atomic E-state index is 0.0799. The van der Waals surface area contributed by atoms with Gasteiger partial charge < -0.3 is 9.15 Å². The lowest BCUT2D eigenvalue weighted by Gasteiger charge is -2.15. The fraction of sp³-hybridized carbons (Fsp3) is 0.176. The van der Waals surface area contributed by atoms with Crippen LogP contribution in [0.4, 0.5) is 0 Å². The van der Waals surface area contributed by atoms with E-state index < -0.39 is 27.7 Å². The van der Waals surface area contributed by atoms with E-state index in [1.54, 1.807) is 30.5 Å². The van der Waals surface area contributed by atoms with Gasteiger partial charge in [0.15, 0.2) is 6.10 Å². The highest BCUT2D eigenvalue weighted by Crippen LogP contribution is 2.23. The van der Waals surface area contributed by atoms with E-state index in [0.717, 1.165) is 22.3 Å². The van der Waals surface area contributed by atoms with Gasteiger partial charge >= 0.3 is 5.63 Å². The Morgan fingerprint density at radius 3 is 2.74 bits per heavy atom. The summed E-state index contributed by atoms with van der Waals surface area (Å²) in [6.07, 6.45) is -0.995. The molecule has 142 valence electrons. The van der Waals surface area contributed by atoms with E-state index in [9.17, 15) is 18.0 Å². The molecule has 1 atom stereocenters. The van der Waals surface area contributed by atoms with Crippen molar-refractivity contribution >= 4 is 38.2 Å². The molecule has 0 radical (unpaired) electrons. The van der Waals surface area contributed by atoms with Crippen molar-refractivity contribution in [3.05, 3.63) is 57.8 Å². The predicted octanol–water partition coefficient (Wildman–Crippen LogP) is 1.94. The molecule has 0 unspecified atom stereocenters. The number of hydrogen-bond donors (Lipinski definition) is 2. The van der Waals surface area contributed by atoms with E-state index in [2.05, 4.69) is 5.43 Å². The largest absolute Gasteiger partial charge is 0.481 e. The van der Waals surface area contributed by atoms with Gasteiger partial charge in [0.25, 0.3) is 15.9 Å². The fourth-order valence-electron chi connectivity index (χ4n) is 2.32. The van der Waals surface area contributed by atoms with Crippen LogP contribution in [0.2, 0.25) is 0 Å². The molecule has 0 spiro atoms. The van der Waals surface area contributed by atoms with Crippen LogP contribution in [-0.2, 0) is 14.8 Å². The van der Waals surface area contributed by atoms with Gasteiger partial charge in [-0.15, -0.1) is 16.2 Å². The van der Waals surface area contributed by atoms with Gasteiger partial charge in [-0.2, -0.15) is 0 Å². The van der Waals surface area contributed by atoms with Crippen molar-refractivity contribution < 1.29 is 22.4 Å². The quantitative estimate of drug-likeness (QED) is 0.476. The van der Waals surface area contributed by atoms with E-state index in [4.69, 9.17) is 9.15 Å². The Labute approximate surface area is 158 Å². The second-order valence-corrected chi connectivity index (χ2v) is 8.55. The Bertz CT molecular complexity index is 1140. The minimum Gasteiger partial charge on any atom is -0.481 e. The highest BCUT2D eigenvalue weighted by atomic mass is 32.2. The number of hydrazine groups is 1. The third kappa shape index (κ3) is 4.35. The molecule has 0 aliphatic heterocycles. The summed E-state index contributed by atoms with van der Waals surface area (Å²) >= 11 is 1.03. The summed E-state index contributed by atoms with van der Waals surface area (Å²) in [7, 11) is -3.83. The molecule has 3 rings (SSSR count). The molecule has 0 aliphatic carbocycles. The first kappa shape index (κ1) is 19.1. The Hall–Kier alpha value is -2.69. The zero-order valence-corrected chi connectivity index (χ0v) is 16.0. The molecule has 2 aromatic heterocycles. The van der Waals surface area contributed by atoms with Crippen molar-refractivity contribution in [3.8, 4) is 5.75 Å². The first-order chi connectivity index (χ1) is 12.8. The van der Waals surface area contributed by atoms with E-state index in [1.807, 2.05) is 4.83 Å². The van der Waals surface area contributed by atoms with Crippen molar-refractivity contribution in [2.75, 3.05) is 0 Å². The molecule has 0 fully saturated rings. The maximum atomic E-state index is 12.1. The molecule has 1 aromatic carbocycles. The first-order valence-electron chi connectivity index (χ1n) is 7.82. The Balaban J connectivity index is 1.68. The van der Waals surface area contributed by atoms with E-state index in [1.165, 1.54) is 25.1 Å². The van der Waals surface area contributed by atoms with Crippen LogP contribution in [0, 0.1) is 6.92 Å². The van der Waals surface area contributed by atoms with Gasteiger partial charge in [-0.1, -0.05) is 6.07 Å². The second kappa shape index (κ2) is 7.51. The second-order valence-electron chi connectivity index (χ2n) is 5.69. The predicted molar refractivity (Wildman–Crippen MR) is 100 cm³/mol. The molecule has 1 amide bonds. The average molecular weight is 408 g/mol. The van der Waals surface area contributed by atoms with E-state index >= 15 is 0 Å². The topological polar surface area (TPSA) is 115 Å². The van der Waals surface area contributed by atoms with Crippen molar-refractivity contribution in [2.45, 2.75) is 24.2 Å². The molecular weight excluding hydrogens is 392 g/mol. The van der Waals surface area contributed by atoms with Crippen molar-refractivity contribution in [1.82, 2.24) is 10.3 Å². The van der Waals surface area contributed by atoms with Gasteiger partial charge in [0.1, 0.15) is 15.5 Å². The zero-order valence-electron chi connectivity index (χ0n) is 14.4. The molecule has 2 N–H and O–H groups in total. The van der Waals surface area contributed by atoms with Crippen molar-refractivity contribution in [3.63, 3.8) is 0 Å². The molecule has 0 aliphatic rings. The van der Waals surface area contributed by atoms with Crippen LogP contribution >= 0.6 is 11.3 Å².